The average molecular weight is 794 g/mol. The highest BCUT2D eigenvalue weighted by atomic mass is 79.9. The van der Waals surface area contributed by atoms with E-state index < -0.39 is 0 Å². The number of aromatic nitrogens is 4. The Morgan fingerprint density at radius 3 is 1.44 bits per heavy atom. The Morgan fingerprint density at radius 2 is 0.846 bits per heavy atom. The summed E-state index contributed by atoms with van der Waals surface area (Å²) in [6.45, 7) is 0. The highest BCUT2D eigenvalue weighted by Crippen LogP contribution is 2.50. The molecule has 13 rings (SSSR count). The summed E-state index contributed by atoms with van der Waals surface area (Å²) in [6, 6.07) is 36.7. The topological polar surface area (TPSA) is 68.7 Å². The van der Waals surface area contributed by atoms with Crippen LogP contribution >= 0.6 is 31.9 Å². The summed E-state index contributed by atoms with van der Waals surface area (Å²) in [6.07, 6.45) is 0. The molecule has 13 aromatic rings. The van der Waals surface area contributed by atoms with E-state index in [1.54, 1.807) is 8.80 Å². The van der Waals surface area contributed by atoms with Crippen molar-refractivity contribution in [3.8, 4) is 0 Å². The SMILES string of the molecule is O=c1c2ccc3c4c(Br)cc5c6c(cc(Br)c(c7ccc(c2c73)c2nc3cccc7cccc(c73)n12)c46)c(=O)n1c2cccc3cccc(nc51)c32. The first kappa shape index (κ1) is 27.7. The summed E-state index contributed by atoms with van der Waals surface area (Å²) < 4.78 is 5.26. The first-order valence-electron chi connectivity index (χ1n) is 17.0. The second-order valence-electron chi connectivity index (χ2n) is 13.8. The van der Waals surface area contributed by atoms with Crippen molar-refractivity contribution in [2.24, 2.45) is 0 Å². The number of hydrogen-bond donors (Lipinski definition) is 0. The van der Waals surface area contributed by atoms with Crippen LogP contribution in [0.25, 0.3) is 120 Å². The molecular weight excluding hydrogens is 776 g/mol. The molecule has 4 heterocycles. The van der Waals surface area contributed by atoms with Gasteiger partial charge in [0.1, 0.15) is 11.3 Å². The zero-order valence-electron chi connectivity index (χ0n) is 26.8. The molecule has 0 aliphatic carbocycles. The largest absolute Gasteiger partial charge is 0.268 e. The first-order chi connectivity index (χ1) is 25.5. The Morgan fingerprint density at radius 1 is 0.404 bits per heavy atom. The molecule has 0 spiro atoms. The third-order valence-electron chi connectivity index (χ3n) is 11.4. The minimum Gasteiger partial charge on any atom is -0.268 e. The molecule has 0 bridgehead atoms. The number of rotatable bonds is 0. The van der Waals surface area contributed by atoms with E-state index in [4.69, 9.17) is 9.97 Å². The van der Waals surface area contributed by atoms with Crippen LogP contribution < -0.4 is 11.1 Å². The maximum atomic E-state index is 14.7. The average Bonchev–Trinajstić information content (AvgIpc) is 3.16. The molecule has 0 amide bonds. The van der Waals surface area contributed by atoms with Gasteiger partial charge in [0.2, 0.25) is 0 Å². The van der Waals surface area contributed by atoms with Crippen LogP contribution in [0.3, 0.4) is 0 Å². The number of hydrogen-bond acceptors (Lipinski definition) is 4. The molecule has 0 unspecified atom stereocenters. The third kappa shape index (κ3) is 3.03. The Kier molecular flexibility index (Phi) is 4.85. The Bertz CT molecular complexity index is 3910. The van der Waals surface area contributed by atoms with Crippen LogP contribution in [0.15, 0.2) is 128 Å². The summed E-state index contributed by atoms with van der Waals surface area (Å²) in [7, 11) is 0. The Balaban J connectivity index is 1.28. The smallest absolute Gasteiger partial charge is 0.264 e. The molecule has 0 N–H and O–H groups in total. The van der Waals surface area contributed by atoms with Gasteiger partial charge in [-0.3, -0.25) is 18.4 Å². The third-order valence-corrected chi connectivity index (χ3v) is 12.7. The van der Waals surface area contributed by atoms with Crippen molar-refractivity contribution in [1.82, 2.24) is 18.8 Å². The molecule has 6 nitrogen and oxygen atoms in total. The van der Waals surface area contributed by atoms with Crippen molar-refractivity contribution >= 4 is 151 Å². The van der Waals surface area contributed by atoms with Gasteiger partial charge in [0, 0.05) is 62.8 Å². The monoisotopic (exact) mass is 792 g/mol. The first-order valence-corrected chi connectivity index (χ1v) is 18.6. The molecule has 0 aliphatic rings. The van der Waals surface area contributed by atoms with Gasteiger partial charge >= 0.3 is 0 Å². The van der Waals surface area contributed by atoms with Crippen molar-refractivity contribution in [1.29, 1.82) is 0 Å². The molecular formula is C44H18Br2N4O2. The number of nitrogens with zero attached hydrogens (tertiary/aromatic N) is 4. The van der Waals surface area contributed by atoms with Crippen LogP contribution in [-0.4, -0.2) is 18.8 Å². The van der Waals surface area contributed by atoms with E-state index in [0.29, 0.717) is 22.1 Å². The molecule has 0 aliphatic heterocycles. The van der Waals surface area contributed by atoms with Crippen LogP contribution in [0.4, 0.5) is 0 Å². The molecule has 0 atom stereocenters. The minimum atomic E-state index is -0.110. The fourth-order valence-corrected chi connectivity index (χ4v) is 10.7. The van der Waals surface area contributed by atoms with E-state index in [0.717, 1.165) is 106 Å². The van der Waals surface area contributed by atoms with Crippen molar-refractivity contribution in [2.75, 3.05) is 0 Å². The number of fused-ring (bicyclic) bond motifs is 8. The predicted molar refractivity (Wildman–Crippen MR) is 220 cm³/mol. The standard InChI is InChI=1S/C44H18Br2N4O2/c45-27-17-25-37-26(44(52)50-32-12-4-8-20-6-2-10-30(34(20)32)48-42(25)50)18-28(46)39-21-13-15-23-36-24(16-14-22(35(21)36)38(27)40(37)39)43(51)49-31-11-3-7-19-5-1-9-29(33(19)31)47-41(23)49/h1-18H. The normalized spacial score (nSPS) is 13.0. The quantitative estimate of drug-likeness (QED) is 0.113. The van der Waals surface area contributed by atoms with Crippen molar-refractivity contribution in [3.05, 3.63) is 139 Å². The van der Waals surface area contributed by atoms with E-state index in [1.165, 1.54) is 0 Å². The highest BCUT2D eigenvalue weighted by Gasteiger charge is 2.26. The fourth-order valence-electron chi connectivity index (χ4n) is 9.45. The lowest BCUT2D eigenvalue weighted by Gasteiger charge is -2.21. The van der Waals surface area contributed by atoms with Crippen LogP contribution in [0.1, 0.15) is 0 Å². The maximum absolute atomic E-state index is 14.7. The number of pyridine rings is 2. The van der Waals surface area contributed by atoms with Crippen molar-refractivity contribution < 1.29 is 0 Å². The van der Waals surface area contributed by atoms with Crippen LogP contribution in [0.5, 0.6) is 0 Å². The second kappa shape index (κ2) is 9.09. The van der Waals surface area contributed by atoms with E-state index >= 15 is 0 Å². The molecule has 9 aromatic carbocycles. The zero-order chi connectivity index (χ0) is 34.3. The lowest BCUT2D eigenvalue weighted by Crippen LogP contribution is -2.17. The van der Waals surface area contributed by atoms with Gasteiger partial charge in [0.25, 0.3) is 11.1 Å². The summed E-state index contributed by atoms with van der Waals surface area (Å²) in [5, 5.41) is 14.8. The lowest BCUT2D eigenvalue weighted by molar-refractivity contribution is 1.15. The Hall–Kier alpha value is -5.96. The van der Waals surface area contributed by atoms with Crippen LogP contribution in [0.2, 0.25) is 0 Å². The van der Waals surface area contributed by atoms with Gasteiger partial charge < -0.3 is 0 Å². The molecule has 8 heteroatoms. The van der Waals surface area contributed by atoms with E-state index in [1.807, 2.05) is 60.7 Å². The summed E-state index contributed by atoms with van der Waals surface area (Å²) in [5.74, 6) is 0. The molecule has 0 fully saturated rings. The summed E-state index contributed by atoms with van der Waals surface area (Å²) in [4.78, 5) is 39.6. The number of halogens is 2. The lowest BCUT2D eigenvalue weighted by atomic mass is 9.86. The van der Waals surface area contributed by atoms with Crippen LogP contribution in [-0.2, 0) is 0 Å². The van der Waals surface area contributed by atoms with Gasteiger partial charge in [-0.1, -0.05) is 92.5 Å². The summed E-state index contributed by atoms with van der Waals surface area (Å²) in [5.41, 5.74) is 4.44. The van der Waals surface area contributed by atoms with E-state index in [2.05, 4.69) is 80.4 Å². The zero-order valence-corrected chi connectivity index (χ0v) is 29.9. The molecule has 0 radical (unpaired) electrons. The van der Waals surface area contributed by atoms with Crippen LogP contribution in [0, 0.1) is 0 Å². The second-order valence-corrected chi connectivity index (χ2v) is 15.5. The van der Waals surface area contributed by atoms with Gasteiger partial charge in [-0.05, 0) is 75.5 Å². The molecule has 52 heavy (non-hydrogen) atoms. The molecule has 4 aromatic heterocycles. The van der Waals surface area contributed by atoms with Gasteiger partial charge in [0.05, 0.1) is 27.5 Å². The van der Waals surface area contributed by atoms with E-state index in [-0.39, 0.29) is 11.1 Å². The predicted octanol–water partition coefficient (Wildman–Crippen LogP) is 11.1. The molecule has 240 valence electrons. The Labute approximate surface area is 307 Å². The van der Waals surface area contributed by atoms with Gasteiger partial charge in [-0.15, -0.1) is 0 Å². The maximum Gasteiger partial charge on any atom is 0.264 e. The minimum absolute atomic E-state index is 0.0950. The van der Waals surface area contributed by atoms with E-state index in [9.17, 15) is 9.59 Å². The van der Waals surface area contributed by atoms with Gasteiger partial charge in [-0.25, -0.2) is 9.97 Å². The van der Waals surface area contributed by atoms with Gasteiger partial charge in [0.15, 0.2) is 0 Å². The number of benzene rings is 9. The molecule has 0 saturated heterocycles. The van der Waals surface area contributed by atoms with Crippen molar-refractivity contribution in [2.45, 2.75) is 0 Å². The fraction of sp³-hybridized carbons (Fsp3) is 0. The van der Waals surface area contributed by atoms with Gasteiger partial charge in [-0.2, -0.15) is 0 Å². The summed E-state index contributed by atoms with van der Waals surface area (Å²) >= 11 is 7.97. The molecule has 0 saturated carbocycles. The van der Waals surface area contributed by atoms with Crippen molar-refractivity contribution in [3.63, 3.8) is 0 Å². The highest BCUT2D eigenvalue weighted by molar-refractivity contribution is 9.11.